The summed E-state index contributed by atoms with van der Waals surface area (Å²) in [5, 5.41) is 19.8. The molecule has 0 spiro atoms. The Labute approximate surface area is 108 Å². The number of nitrogens with zero attached hydrogens (tertiary/aromatic N) is 2. The molecule has 2 aromatic rings. The number of benzene rings is 1. The average molecular weight is 260 g/mol. The van der Waals surface area contributed by atoms with Gasteiger partial charge in [0.15, 0.2) is 0 Å². The lowest BCUT2D eigenvalue weighted by Gasteiger charge is -2.06. The summed E-state index contributed by atoms with van der Waals surface area (Å²) < 4.78 is 0. The van der Waals surface area contributed by atoms with Crippen molar-refractivity contribution < 1.29 is 9.72 Å². The molecule has 19 heavy (non-hydrogen) atoms. The lowest BCUT2D eigenvalue weighted by atomic mass is 10.1. The number of anilines is 1. The van der Waals surface area contributed by atoms with Crippen molar-refractivity contribution in [3.05, 3.63) is 51.2 Å². The third-order valence-electron chi connectivity index (χ3n) is 2.73. The molecule has 1 aromatic heterocycles. The van der Waals surface area contributed by atoms with Crippen LogP contribution in [0.5, 0.6) is 0 Å². The van der Waals surface area contributed by atoms with Crippen molar-refractivity contribution in [3.63, 3.8) is 0 Å². The molecular weight excluding hydrogens is 248 g/mol. The second-order valence-corrected chi connectivity index (χ2v) is 4.14. The van der Waals surface area contributed by atoms with Crippen LogP contribution in [0.1, 0.15) is 21.5 Å². The molecule has 1 heterocycles. The Kier molecular flexibility index (Phi) is 3.28. The first-order chi connectivity index (χ1) is 8.99. The van der Waals surface area contributed by atoms with E-state index in [1.165, 1.54) is 18.2 Å². The molecule has 7 nitrogen and oxygen atoms in total. The van der Waals surface area contributed by atoms with Gasteiger partial charge in [-0.15, -0.1) is 0 Å². The maximum atomic E-state index is 12.0. The van der Waals surface area contributed by atoms with Crippen molar-refractivity contribution in [1.82, 2.24) is 10.2 Å². The Hall–Kier alpha value is -2.70. The van der Waals surface area contributed by atoms with Crippen molar-refractivity contribution >= 4 is 17.4 Å². The van der Waals surface area contributed by atoms with Crippen LogP contribution in [0.2, 0.25) is 0 Å². The summed E-state index contributed by atoms with van der Waals surface area (Å²) in [5.74, 6) is 0.183. The van der Waals surface area contributed by atoms with E-state index in [1.54, 1.807) is 13.1 Å². The lowest BCUT2D eigenvalue weighted by molar-refractivity contribution is -0.384. The van der Waals surface area contributed by atoms with Crippen LogP contribution in [0.25, 0.3) is 0 Å². The molecule has 0 unspecified atom stereocenters. The van der Waals surface area contributed by atoms with Crippen LogP contribution in [0, 0.1) is 24.0 Å². The minimum Gasteiger partial charge on any atom is -0.307 e. The number of amides is 1. The van der Waals surface area contributed by atoms with Gasteiger partial charge in [-0.05, 0) is 25.5 Å². The zero-order valence-electron chi connectivity index (χ0n) is 10.4. The van der Waals surface area contributed by atoms with Crippen LogP contribution in [-0.2, 0) is 0 Å². The van der Waals surface area contributed by atoms with Gasteiger partial charge in [0.25, 0.3) is 11.6 Å². The van der Waals surface area contributed by atoms with E-state index in [-0.39, 0.29) is 11.6 Å². The van der Waals surface area contributed by atoms with Crippen LogP contribution in [0.15, 0.2) is 24.4 Å². The average Bonchev–Trinajstić information content (AvgIpc) is 2.74. The molecule has 0 radical (unpaired) electrons. The predicted octanol–water partition coefficient (Wildman–Crippen LogP) is 2.19. The van der Waals surface area contributed by atoms with Crippen LogP contribution >= 0.6 is 0 Å². The molecule has 1 amide bonds. The standard InChI is InChI=1S/C12H12N4O3/c1-7-5-9(16(18)19)3-4-10(7)12(17)14-11-8(2)6-13-15-11/h3-6H,1-2H3,(H2,13,14,15,17). The van der Waals surface area contributed by atoms with Crippen molar-refractivity contribution in [1.29, 1.82) is 0 Å². The van der Waals surface area contributed by atoms with Gasteiger partial charge in [0.1, 0.15) is 5.82 Å². The van der Waals surface area contributed by atoms with Crippen molar-refractivity contribution in [2.45, 2.75) is 13.8 Å². The highest BCUT2D eigenvalue weighted by Gasteiger charge is 2.14. The SMILES string of the molecule is Cc1cc([N+](=O)[O-])ccc1C(=O)Nc1[nH]ncc1C. The molecule has 2 rings (SSSR count). The highest BCUT2D eigenvalue weighted by Crippen LogP contribution is 2.18. The summed E-state index contributed by atoms with van der Waals surface area (Å²) in [6.07, 6.45) is 1.60. The van der Waals surface area contributed by atoms with E-state index >= 15 is 0 Å². The highest BCUT2D eigenvalue weighted by atomic mass is 16.6. The third-order valence-corrected chi connectivity index (χ3v) is 2.73. The molecule has 1 aromatic carbocycles. The number of aryl methyl sites for hydroxylation is 2. The molecule has 0 aliphatic rings. The summed E-state index contributed by atoms with van der Waals surface area (Å²) in [4.78, 5) is 22.2. The second-order valence-electron chi connectivity index (χ2n) is 4.14. The van der Waals surface area contributed by atoms with Gasteiger partial charge in [-0.2, -0.15) is 5.10 Å². The normalized spacial score (nSPS) is 10.2. The van der Waals surface area contributed by atoms with Crippen LogP contribution in [-0.4, -0.2) is 21.0 Å². The smallest absolute Gasteiger partial charge is 0.269 e. The van der Waals surface area contributed by atoms with E-state index in [2.05, 4.69) is 15.5 Å². The number of nitro groups is 1. The Morgan fingerprint density at radius 2 is 2.11 bits per heavy atom. The molecule has 0 aliphatic carbocycles. The van der Waals surface area contributed by atoms with Crippen molar-refractivity contribution in [3.8, 4) is 0 Å². The highest BCUT2D eigenvalue weighted by molar-refractivity contribution is 6.05. The molecule has 0 saturated carbocycles. The molecule has 0 saturated heterocycles. The van der Waals surface area contributed by atoms with Gasteiger partial charge in [-0.1, -0.05) is 0 Å². The summed E-state index contributed by atoms with van der Waals surface area (Å²) >= 11 is 0. The molecule has 98 valence electrons. The molecule has 2 N–H and O–H groups in total. The molecule has 0 aliphatic heterocycles. The zero-order valence-corrected chi connectivity index (χ0v) is 10.4. The van der Waals surface area contributed by atoms with Crippen LogP contribution in [0.3, 0.4) is 0 Å². The second kappa shape index (κ2) is 4.89. The van der Waals surface area contributed by atoms with Crippen LogP contribution < -0.4 is 5.32 Å². The number of nitrogens with one attached hydrogen (secondary N) is 2. The number of hydrogen-bond acceptors (Lipinski definition) is 4. The lowest BCUT2D eigenvalue weighted by Crippen LogP contribution is -2.14. The Balaban J connectivity index is 2.25. The van der Waals surface area contributed by atoms with Gasteiger partial charge in [-0.3, -0.25) is 20.0 Å². The number of H-pyrrole nitrogens is 1. The number of carbonyl (C=O) groups excluding carboxylic acids is 1. The topological polar surface area (TPSA) is 101 Å². The monoisotopic (exact) mass is 260 g/mol. The first kappa shape index (κ1) is 12.7. The van der Waals surface area contributed by atoms with Gasteiger partial charge >= 0.3 is 0 Å². The fourth-order valence-electron chi connectivity index (χ4n) is 1.67. The van der Waals surface area contributed by atoms with Gasteiger partial charge in [0.2, 0.25) is 0 Å². The van der Waals surface area contributed by atoms with E-state index in [4.69, 9.17) is 0 Å². The van der Waals surface area contributed by atoms with E-state index in [0.717, 1.165) is 5.56 Å². The zero-order chi connectivity index (χ0) is 14.0. The predicted molar refractivity (Wildman–Crippen MR) is 69.1 cm³/mol. The van der Waals surface area contributed by atoms with Gasteiger partial charge in [-0.25, -0.2) is 0 Å². The summed E-state index contributed by atoms with van der Waals surface area (Å²) in [6.45, 7) is 3.46. The van der Waals surface area contributed by atoms with E-state index in [9.17, 15) is 14.9 Å². The number of carbonyl (C=O) groups is 1. The van der Waals surface area contributed by atoms with Crippen molar-refractivity contribution in [2.24, 2.45) is 0 Å². The van der Waals surface area contributed by atoms with Gasteiger partial charge in [0, 0.05) is 23.3 Å². The minimum absolute atomic E-state index is 0.0354. The summed E-state index contributed by atoms with van der Waals surface area (Å²) in [6, 6.07) is 4.12. The number of rotatable bonds is 3. The molecule has 0 fully saturated rings. The fraction of sp³-hybridized carbons (Fsp3) is 0.167. The number of nitro benzene ring substituents is 1. The third kappa shape index (κ3) is 2.59. The molecule has 7 heteroatoms. The Morgan fingerprint density at radius 3 is 2.63 bits per heavy atom. The summed E-state index contributed by atoms with van der Waals surface area (Å²) in [7, 11) is 0. The first-order valence-electron chi connectivity index (χ1n) is 5.55. The number of hydrogen-bond donors (Lipinski definition) is 2. The fourth-order valence-corrected chi connectivity index (χ4v) is 1.67. The van der Waals surface area contributed by atoms with Gasteiger partial charge < -0.3 is 5.32 Å². The Morgan fingerprint density at radius 1 is 1.37 bits per heavy atom. The van der Waals surface area contributed by atoms with Crippen molar-refractivity contribution in [2.75, 3.05) is 5.32 Å². The van der Waals surface area contributed by atoms with E-state index < -0.39 is 4.92 Å². The maximum absolute atomic E-state index is 12.0. The Bertz CT molecular complexity index is 648. The van der Waals surface area contributed by atoms with Crippen LogP contribution in [0.4, 0.5) is 11.5 Å². The maximum Gasteiger partial charge on any atom is 0.269 e. The summed E-state index contributed by atoms with van der Waals surface area (Å²) in [5.41, 5.74) is 1.71. The molecule has 0 atom stereocenters. The minimum atomic E-state index is -0.492. The number of non-ortho nitro benzene ring substituents is 1. The van der Waals surface area contributed by atoms with Gasteiger partial charge in [0.05, 0.1) is 11.1 Å². The molecule has 0 bridgehead atoms. The van der Waals surface area contributed by atoms with E-state index in [1.807, 2.05) is 6.92 Å². The largest absolute Gasteiger partial charge is 0.307 e. The number of aromatic amines is 1. The first-order valence-corrected chi connectivity index (χ1v) is 5.55. The number of aromatic nitrogens is 2. The molecular formula is C12H12N4O3. The quantitative estimate of drug-likeness (QED) is 0.652. The van der Waals surface area contributed by atoms with E-state index in [0.29, 0.717) is 16.9 Å².